The predicted octanol–water partition coefficient (Wildman–Crippen LogP) is 2.59. The molecule has 0 aromatic heterocycles. The van der Waals surface area contributed by atoms with Crippen LogP contribution in [-0.4, -0.2) is 42.9 Å². The van der Waals surface area contributed by atoms with Crippen molar-refractivity contribution in [3.63, 3.8) is 0 Å². The summed E-state index contributed by atoms with van der Waals surface area (Å²) in [6.45, 7) is 5.17. The van der Waals surface area contributed by atoms with Gasteiger partial charge in [0.1, 0.15) is 5.82 Å². The quantitative estimate of drug-likeness (QED) is 0.653. The molecule has 0 saturated heterocycles. The second kappa shape index (κ2) is 11.8. The van der Waals surface area contributed by atoms with Crippen molar-refractivity contribution >= 4 is 24.2 Å². The minimum atomic E-state index is -0.377. The highest BCUT2D eigenvalue weighted by atomic mass is 35.5. The van der Waals surface area contributed by atoms with E-state index >= 15 is 0 Å². The summed E-state index contributed by atoms with van der Waals surface area (Å²) >= 11 is 0. The molecule has 0 aliphatic rings. The number of nitrogens with one attached hydrogen (secondary N) is 1. The van der Waals surface area contributed by atoms with Gasteiger partial charge in [0, 0.05) is 38.2 Å². The summed E-state index contributed by atoms with van der Waals surface area (Å²) in [4.78, 5) is 25.5. The van der Waals surface area contributed by atoms with Crippen molar-refractivity contribution in [3.05, 3.63) is 35.6 Å². The van der Waals surface area contributed by atoms with Crippen LogP contribution in [0, 0.1) is 11.7 Å². The van der Waals surface area contributed by atoms with Crippen molar-refractivity contribution in [2.75, 3.05) is 20.1 Å². The summed E-state index contributed by atoms with van der Waals surface area (Å²) in [7, 11) is 1.77. The highest BCUT2D eigenvalue weighted by Gasteiger charge is 2.13. The zero-order valence-electron chi connectivity index (χ0n) is 15.1. The van der Waals surface area contributed by atoms with E-state index in [1.165, 1.54) is 24.3 Å². The van der Waals surface area contributed by atoms with Crippen LogP contribution in [0.5, 0.6) is 0 Å². The summed E-state index contributed by atoms with van der Waals surface area (Å²) in [6.07, 6.45) is 1.71. The van der Waals surface area contributed by atoms with E-state index in [9.17, 15) is 14.0 Å². The second-order valence-corrected chi connectivity index (χ2v) is 6.38. The topological polar surface area (TPSA) is 75.4 Å². The molecule has 0 aliphatic carbocycles. The fourth-order valence-electron chi connectivity index (χ4n) is 2.14. The fraction of sp³-hybridized carbons (Fsp3) is 0.556. The SMILES string of the molecule is CC(C)C(N)CCN(C)C(=O)CCCNC(=O)c1ccc(F)cc1.Cl. The molecular formula is C18H29ClFN3O2. The van der Waals surface area contributed by atoms with Crippen molar-refractivity contribution in [2.45, 2.75) is 39.2 Å². The van der Waals surface area contributed by atoms with Crippen LogP contribution < -0.4 is 11.1 Å². The molecule has 0 spiro atoms. The highest BCUT2D eigenvalue weighted by Crippen LogP contribution is 2.05. The van der Waals surface area contributed by atoms with Gasteiger partial charge < -0.3 is 16.0 Å². The molecule has 1 aromatic carbocycles. The Morgan fingerprint density at radius 1 is 1.24 bits per heavy atom. The van der Waals surface area contributed by atoms with Crippen molar-refractivity contribution in [2.24, 2.45) is 11.7 Å². The molecular weight excluding hydrogens is 345 g/mol. The van der Waals surface area contributed by atoms with Gasteiger partial charge >= 0.3 is 0 Å². The van der Waals surface area contributed by atoms with Gasteiger partial charge in [-0.25, -0.2) is 4.39 Å². The minimum absolute atomic E-state index is 0. The lowest BCUT2D eigenvalue weighted by molar-refractivity contribution is -0.130. The van der Waals surface area contributed by atoms with E-state index < -0.39 is 0 Å². The maximum atomic E-state index is 12.8. The number of hydrogen-bond acceptors (Lipinski definition) is 3. The molecule has 0 heterocycles. The number of hydrogen-bond donors (Lipinski definition) is 2. The number of rotatable bonds is 9. The molecule has 0 aliphatic heterocycles. The molecule has 0 radical (unpaired) electrons. The first kappa shape index (κ1) is 23.3. The average molecular weight is 374 g/mol. The first-order valence-electron chi connectivity index (χ1n) is 8.34. The van der Waals surface area contributed by atoms with Crippen molar-refractivity contribution in [1.29, 1.82) is 0 Å². The molecule has 5 nitrogen and oxygen atoms in total. The van der Waals surface area contributed by atoms with Crippen LogP contribution >= 0.6 is 12.4 Å². The molecule has 7 heteroatoms. The summed E-state index contributed by atoms with van der Waals surface area (Å²) in [6, 6.07) is 5.45. The molecule has 142 valence electrons. The van der Waals surface area contributed by atoms with Gasteiger partial charge in [0.25, 0.3) is 5.91 Å². The molecule has 2 amide bonds. The van der Waals surface area contributed by atoms with Gasteiger partial charge in [0.2, 0.25) is 5.91 Å². The van der Waals surface area contributed by atoms with Gasteiger partial charge in [-0.1, -0.05) is 13.8 Å². The third kappa shape index (κ3) is 8.84. The van der Waals surface area contributed by atoms with Crippen LogP contribution in [0.3, 0.4) is 0 Å². The smallest absolute Gasteiger partial charge is 0.251 e. The van der Waals surface area contributed by atoms with Crippen LogP contribution in [0.15, 0.2) is 24.3 Å². The maximum absolute atomic E-state index is 12.8. The molecule has 1 atom stereocenters. The number of nitrogens with zero attached hydrogens (tertiary/aromatic N) is 1. The van der Waals surface area contributed by atoms with Crippen LogP contribution in [0.1, 0.15) is 43.5 Å². The normalized spacial score (nSPS) is 11.6. The fourth-order valence-corrected chi connectivity index (χ4v) is 2.14. The number of carbonyl (C=O) groups excluding carboxylic acids is 2. The Kier molecular flexibility index (Phi) is 11.0. The Balaban J connectivity index is 0.00000576. The van der Waals surface area contributed by atoms with Crippen molar-refractivity contribution < 1.29 is 14.0 Å². The van der Waals surface area contributed by atoms with Crippen LogP contribution in [0.25, 0.3) is 0 Å². The molecule has 0 fully saturated rings. The van der Waals surface area contributed by atoms with Gasteiger partial charge in [-0.2, -0.15) is 0 Å². The predicted molar refractivity (Wildman–Crippen MR) is 100 cm³/mol. The monoisotopic (exact) mass is 373 g/mol. The van der Waals surface area contributed by atoms with Gasteiger partial charge in [-0.05, 0) is 43.0 Å². The highest BCUT2D eigenvalue weighted by molar-refractivity contribution is 5.94. The number of benzene rings is 1. The molecule has 25 heavy (non-hydrogen) atoms. The van der Waals surface area contributed by atoms with E-state index in [4.69, 9.17) is 5.73 Å². The van der Waals surface area contributed by atoms with Crippen LogP contribution in [0.2, 0.25) is 0 Å². The van der Waals surface area contributed by atoms with E-state index in [0.29, 0.717) is 37.4 Å². The summed E-state index contributed by atoms with van der Waals surface area (Å²) < 4.78 is 12.8. The van der Waals surface area contributed by atoms with E-state index in [-0.39, 0.29) is 36.1 Å². The lowest BCUT2D eigenvalue weighted by atomic mass is 10.0. The molecule has 0 bridgehead atoms. The summed E-state index contributed by atoms with van der Waals surface area (Å²) in [5, 5.41) is 2.73. The van der Waals surface area contributed by atoms with Gasteiger partial charge in [0.05, 0.1) is 0 Å². The van der Waals surface area contributed by atoms with E-state index in [1.807, 2.05) is 0 Å². The molecule has 1 aromatic rings. The third-order valence-corrected chi connectivity index (χ3v) is 4.04. The Bertz CT molecular complexity index is 538. The van der Waals surface area contributed by atoms with E-state index in [1.54, 1.807) is 11.9 Å². The van der Waals surface area contributed by atoms with Crippen LogP contribution in [0.4, 0.5) is 4.39 Å². The van der Waals surface area contributed by atoms with Gasteiger partial charge in [-0.15, -0.1) is 12.4 Å². The Morgan fingerprint density at radius 2 is 1.84 bits per heavy atom. The zero-order valence-corrected chi connectivity index (χ0v) is 15.9. The standard InChI is InChI=1S/C18H28FN3O2.ClH/c1-13(2)16(20)10-12-22(3)17(23)5-4-11-21-18(24)14-6-8-15(19)9-7-14;/h6-9,13,16H,4-5,10-12,20H2,1-3H3,(H,21,24);1H. The molecule has 1 unspecified atom stereocenters. The largest absolute Gasteiger partial charge is 0.352 e. The first-order chi connectivity index (χ1) is 11.3. The minimum Gasteiger partial charge on any atom is -0.352 e. The second-order valence-electron chi connectivity index (χ2n) is 6.38. The Hall–Kier alpha value is -1.66. The Labute approximate surface area is 155 Å². The van der Waals surface area contributed by atoms with Gasteiger partial charge in [-0.3, -0.25) is 9.59 Å². The maximum Gasteiger partial charge on any atom is 0.251 e. The number of halogens is 2. The first-order valence-corrected chi connectivity index (χ1v) is 8.34. The van der Waals surface area contributed by atoms with E-state index in [2.05, 4.69) is 19.2 Å². The van der Waals surface area contributed by atoms with E-state index in [0.717, 1.165) is 6.42 Å². The average Bonchev–Trinajstić information content (AvgIpc) is 2.56. The Morgan fingerprint density at radius 3 is 2.40 bits per heavy atom. The summed E-state index contributed by atoms with van der Waals surface area (Å²) in [5.41, 5.74) is 6.38. The molecule has 0 saturated carbocycles. The third-order valence-electron chi connectivity index (χ3n) is 4.04. The number of nitrogens with two attached hydrogens (primary N) is 1. The number of carbonyl (C=O) groups is 2. The molecule has 1 rings (SSSR count). The summed E-state index contributed by atoms with van der Waals surface area (Å²) in [5.74, 6) is -0.201. The molecule has 3 N–H and O–H groups in total. The lowest BCUT2D eigenvalue weighted by Crippen LogP contribution is -2.35. The zero-order chi connectivity index (χ0) is 18.1. The van der Waals surface area contributed by atoms with Crippen molar-refractivity contribution in [1.82, 2.24) is 10.2 Å². The number of amides is 2. The van der Waals surface area contributed by atoms with Crippen molar-refractivity contribution in [3.8, 4) is 0 Å². The van der Waals surface area contributed by atoms with Crippen LogP contribution in [-0.2, 0) is 4.79 Å². The lowest BCUT2D eigenvalue weighted by Gasteiger charge is -2.21. The van der Waals surface area contributed by atoms with Gasteiger partial charge in [0.15, 0.2) is 0 Å².